The zero-order valence-corrected chi connectivity index (χ0v) is 9.88. The highest BCUT2D eigenvalue weighted by Gasteiger charge is 2.08. The highest BCUT2D eigenvalue weighted by molar-refractivity contribution is 5.84. The molecule has 0 spiro atoms. The number of hydrogen-bond donors (Lipinski definition) is 1. The van der Waals surface area contributed by atoms with Gasteiger partial charge in [0.25, 0.3) is 5.56 Å². The molecule has 0 bridgehead atoms. The predicted octanol–water partition coefficient (Wildman–Crippen LogP) is 1.92. The molecule has 0 aliphatic carbocycles. The lowest BCUT2D eigenvalue weighted by Crippen LogP contribution is -2.28. The number of benzene rings is 1. The van der Waals surface area contributed by atoms with Crippen LogP contribution >= 0.6 is 0 Å². The van der Waals surface area contributed by atoms with Crippen LogP contribution in [-0.2, 0) is 0 Å². The molecule has 0 aliphatic rings. The quantitative estimate of drug-likeness (QED) is 0.676. The molecule has 19 heavy (non-hydrogen) atoms. The average molecular weight is 255 g/mol. The van der Waals surface area contributed by atoms with Crippen molar-refractivity contribution in [3.63, 3.8) is 0 Å². The maximum atomic E-state index is 12.9. The van der Waals surface area contributed by atoms with Crippen LogP contribution in [0.25, 0.3) is 22.0 Å². The summed E-state index contributed by atoms with van der Waals surface area (Å²) >= 11 is 0. The van der Waals surface area contributed by atoms with Crippen molar-refractivity contribution in [3.8, 4) is 11.3 Å². The minimum Gasteiger partial charge on any atom is -0.336 e. The van der Waals surface area contributed by atoms with Crippen LogP contribution in [0.15, 0.2) is 53.6 Å². The van der Waals surface area contributed by atoms with E-state index in [-0.39, 0.29) is 11.4 Å². The molecule has 0 aliphatic heterocycles. The Morgan fingerprint density at radius 3 is 2.63 bits per heavy atom. The van der Waals surface area contributed by atoms with Crippen LogP contribution in [0, 0.1) is 5.82 Å². The second-order valence-electron chi connectivity index (χ2n) is 4.17. The number of hydrogen-bond acceptors (Lipinski definition) is 3. The lowest BCUT2D eigenvalue weighted by molar-refractivity contribution is 0.628. The summed E-state index contributed by atoms with van der Waals surface area (Å²) < 4.78 is 14.0. The van der Waals surface area contributed by atoms with Gasteiger partial charge in [-0.25, -0.2) is 9.07 Å². The van der Waals surface area contributed by atoms with Gasteiger partial charge in [0.05, 0.1) is 11.1 Å². The van der Waals surface area contributed by atoms with Crippen molar-refractivity contribution in [3.05, 3.63) is 65.0 Å². The van der Waals surface area contributed by atoms with Crippen molar-refractivity contribution in [1.29, 1.82) is 0 Å². The monoisotopic (exact) mass is 255 g/mol. The second kappa shape index (κ2) is 4.20. The van der Waals surface area contributed by atoms with Crippen LogP contribution in [0.5, 0.6) is 0 Å². The number of aromatic nitrogens is 2. The van der Waals surface area contributed by atoms with Crippen molar-refractivity contribution in [1.82, 2.24) is 9.66 Å². The molecule has 3 rings (SSSR count). The number of nitrogens with two attached hydrogens (primary N) is 1. The standard InChI is InChI=1S/C14H10FN3O/c15-11-3-1-9(2-4-11)13-7-10-5-6-17-8-12(10)14(19)18(13)16/h1-8H,16H2. The lowest BCUT2D eigenvalue weighted by atomic mass is 10.1. The Hall–Kier alpha value is -2.69. The molecule has 5 heteroatoms. The molecule has 0 fully saturated rings. The molecule has 3 aromatic rings. The number of nitrogens with zero attached hydrogens (tertiary/aromatic N) is 2. The molecule has 0 saturated carbocycles. The van der Waals surface area contributed by atoms with Gasteiger partial charge in [0.1, 0.15) is 5.82 Å². The molecule has 2 heterocycles. The zero-order chi connectivity index (χ0) is 13.4. The molecule has 2 aromatic heterocycles. The van der Waals surface area contributed by atoms with Gasteiger partial charge < -0.3 is 5.84 Å². The van der Waals surface area contributed by atoms with E-state index in [2.05, 4.69) is 4.98 Å². The van der Waals surface area contributed by atoms with E-state index in [1.54, 1.807) is 30.5 Å². The van der Waals surface area contributed by atoms with Crippen molar-refractivity contribution < 1.29 is 4.39 Å². The van der Waals surface area contributed by atoms with Gasteiger partial charge in [0.2, 0.25) is 0 Å². The fraction of sp³-hybridized carbons (Fsp3) is 0. The highest BCUT2D eigenvalue weighted by atomic mass is 19.1. The Morgan fingerprint density at radius 2 is 1.89 bits per heavy atom. The van der Waals surface area contributed by atoms with Gasteiger partial charge in [0.15, 0.2) is 0 Å². The molecule has 2 N–H and O–H groups in total. The van der Waals surface area contributed by atoms with E-state index < -0.39 is 0 Å². The van der Waals surface area contributed by atoms with Crippen molar-refractivity contribution in [2.45, 2.75) is 0 Å². The number of nitrogen functional groups attached to an aromatic ring is 1. The summed E-state index contributed by atoms with van der Waals surface area (Å²) in [5, 5.41) is 1.21. The van der Waals surface area contributed by atoms with Crippen molar-refractivity contribution in [2.75, 3.05) is 5.84 Å². The first-order chi connectivity index (χ1) is 9.16. The Balaban J connectivity index is 2.33. The van der Waals surface area contributed by atoms with Crippen LogP contribution in [-0.4, -0.2) is 9.66 Å². The molecule has 0 atom stereocenters. The summed E-state index contributed by atoms with van der Waals surface area (Å²) in [5.41, 5.74) is 0.883. The SMILES string of the molecule is Nn1c(-c2ccc(F)cc2)cc2ccncc2c1=O. The largest absolute Gasteiger partial charge is 0.336 e. The molecule has 0 saturated heterocycles. The van der Waals surface area contributed by atoms with E-state index in [1.807, 2.05) is 0 Å². The Labute approximate surface area is 107 Å². The molecular weight excluding hydrogens is 245 g/mol. The van der Waals surface area contributed by atoms with Gasteiger partial charge in [-0.05, 0) is 41.8 Å². The molecule has 0 amide bonds. The summed E-state index contributed by atoms with van der Waals surface area (Å²) in [6.45, 7) is 0. The summed E-state index contributed by atoms with van der Waals surface area (Å²) in [7, 11) is 0. The van der Waals surface area contributed by atoms with E-state index in [1.165, 1.54) is 18.3 Å². The van der Waals surface area contributed by atoms with Crippen LogP contribution in [0.2, 0.25) is 0 Å². The van der Waals surface area contributed by atoms with Crippen LogP contribution in [0.3, 0.4) is 0 Å². The molecule has 0 radical (unpaired) electrons. The third-order valence-electron chi connectivity index (χ3n) is 3.00. The van der Waals surface area contributed by atoms with Gasteiger partial charge in [-0.3, -0.25) is 9.78 Å². The van der Waals surface area contributed by atoms with E-state index in [0.717, 1.165) is 10.1 Å². The predicted molar refractivity (Wildman–Crippen MR) is 71.5 cm³/mol. The van der Waals surface area contributed by atoms with E-state index >= 15 is 0 Å². The van der Waals surface area contributed by atoms with Gasteiger partial charge >= 0.3 is 0 Å². The fourth-order valence-electron chi connectivity index (χ4n) is 2.01. The first-order valence-corrected chi connectivity index (χ1v) is 5.67. The lowest BCUT2D eigenvalue weighted by Gasteiger charge is -2.09. The Morgan fingerprint density at radius 1 is 1.16 bits per heavy atom. The normalized spacial score (nSPS) is 10.8. The number of rotatable bonds is 1. The minimum absolute atomic E-state index is 0.329. The van der Waals surface area contributed by atoms with Crippen molar-refractivity contribution in [2.24, 2.45) is 0 Å². The topological polar surface area (TPSA) is 60.9 Å². The Bertz CT molecular complexity index is 809. The van der Waals surface area contributed by atoms with Gasteiger partial charge in [-0.15, -0.1) is 0 Å². The number of fused-ring (bicyclic) bond motifs is 1. The highest BCUT2D eigenvalue weighted by Crippen LogP contribution is 2.20. The van der Waals surface area contributed by atoms with Crippen molar-refractivity contribution >= 4 is 10.8 Å². The summed E-state index contributed by atoms with van der Waals surface area (Å²) in [6, 6.07) is 9.35. The van der Waals surface area contributed by atoms with E-state index in [9.17, 15) is 9.18 Å². The second-order valence-corrected chi connectivity index (χ2v) is 4.17. The average Bonchev–Trinajstić information content (AvgIpc) is 2.44. The molecule has 0 unspecified atom stereocenters. The zero-order valence-electron chi connectivity index (χ0n) is 9.88. The molecule has 4 nitrogen and oxygen atoms in total. The summed E-state index contributed by atoms with van der Waals surface area (Å²) in [4.78, 5) is 16.0. The molecule has 1 aromatic carbocycles. The van der Waals surface area contributed by atoms with Crippen LogP contribution in [0.4, 0.5) is 4.39 Å². The third-order valence-corrected chi connectivity index (χ3v) is 3.00. The fourth-order valence-corrected chi connectivity index (χ4v) is 2.01. The number of pyridine rings is 2. The minimum atomic E-state index is -0.334. The smallest absolute Gasteiger partial charge is 0.278 e. The van der Waals surface area contributed by atoms with Gasteiger partial charge in [-0.2, -0.15) is 0 Å². The third kappa shape index (κ3) is 1.85. The van der Waals surface area contributed by atoms with Crippen LogP contribution in [0.1, 0.15) is 0 Å². The molecular formula is C14H10FN3O. The molecule has 94 valence electrons. The van der Waals surface area contributed by atoms with Gasteiger partial charge in [0, 0.05) is 18.0 Å². The first kappa shape index (κ1) is 11.4. The number of halogens is 1. The van der Waals surface area contributed by atoms with Gasteiger partial charge in [-0.1, -0.05) is 0 Å². The Kier molecular flexibility index (Phi) is 2.52. The first-order valence-electron chi connectivity index (χ1n) is 5.67. The summed E-state index contributed by atoms with van der Waals surface area (Å²) in [6.07, 6.45) is 3.09. The van der Waals surface area contributed by atoms with Crippen LogP contribution < -0.4 is 11.4 Å². The summed E-state index contributed by atoms with van der Waals surface area (Å²) in [5.74, 6) is 5.47. The van der Waals surface area contributed by atoms with E-state index in [4.69, 9.17) is 5.84 Å². The maximum Gasteiger partial charge on any atom is 0.278 e. The van der Waals surface area contributed by atoms with E-state index in [0.29, 0.717) is 16.6 Å². The maximum absolute atomic E-state index is 12.9.